The number of benzene rings is 2. The predicted octanol–water partition coefficient (Wildman–Crippen LogP) is 3.03. The largest absolute Gasteiger partial charge is 0.396 e. The number of anilines is 3. The van der Waals surface area contributed by atoms with E-state index in [-0.39, 0.29) is 33.9 Å². The lowest BCUT2D eigenvalue weighted by molar-refractivity contribution is 0.103. The zero-order chi connectivity index (χ0) is 23.3. The average molecular weight is 483 g/mol. The van der Waals surface area contributed by atoms with Crippen LogP contribution < -0.4 is 15.8 Å². The van der Waals surface area contributed by atoms with Crippen molar-refractivity contribution in [3.63, 3.8) is 0 Å². The van der Waals surface area contributed by atoms with Gasteiger partial charge in [-0.15, -0.1) is 0 Å². The van der Waals surface area contributed by atoms with Gasteiger partial charge in [0.05, 0.1) is 10.5 Å². The first-order chi connectivity index (χ1) is 15.2. The number of sulfonamides is 1. The minimum atomic E-state index is -3.69. The van der Waals surface area contributed by atoms with Crippen LogP contribution in [0.2, 0.25) is 0 Å². The Morgan fingerprint density at radius 3 is 2.38 bits per heavy atom. The summed E-state index contributed by atoms with van der Waals surface area (Å²) in [7, 11) is -3.69. The van der Waals surface area contributed by atoms with Crippen LogP contribution in [0.4, 0.5) is 25.4 Å². The normalized spacial score (nSPS) is 11.5. The van der Waals surface area contributed by atoms with Crippen LogP contribution in [0.5, 0.6) is 0 Å². The summed E-state index contributed by atoms with van der Waals surface area (Å²) in [5.41, 5.74) is 5.53. The second-order valence-electron chi connectivity index (χ2n) is 6.64. The van der Waals surface area contributed by atoms with Gasteiger partial charge in [0.2, 0.25) is 15.8 Å². The number of nitrogens with zero attached hydrogens (tertiary/aromatic N) is 1. The maximum Gasteiger partial charge on any atom is 0.240 e. The molecule has 0 amide bonds. The van der Waals surface area contributed by atoms with Gasteiger partial charge in [-0.3, -0.25) is 4.79 Å². The number of carbonyl (C=O) groups is 1. The van der Waals surface area contributed by atoms with Crippen molar-refractivity contribution in [2.45, 2.75) is 17.7 Å². The SMILES string of the molecule is Nc1nc(Nc2ccc(S(=O)(=O)NCCCCO)cc2)sc1C(=O)c1c(F)cccc1F. The van der Waals surface area contributed by atoms with E-state index in [0.29, 0.717) is 18.5 Å². The van der Waals surface area contributed by atoms with Gasteiger partial charge in [0.15, 0.2) is 5.13 Å². The molecule has 0 unspecified atom stereocenters. The van der Waals surface area contributed by atoms with Crippen molar-refractivity contribution in [1.82, 2.24) is 9.71 Å². The molecule has 5 N–H and O–H groups in total. The molecule has 0 aliphatic rings. The smallest absolute Gasteiger partial charge is 0.240 e. The maximum atomic E-state index is 13.9. The molecule has 0 aliphatic heterocycles. The number of halogens is 2. The molecule has 0 fully saturated rings. The molecule has 3 aromatic rings. The number of hydrogen-bond acceptors (Lipinski definition) is 8. The predicted molar refractivity (Wildman–Crippen MR) is 118 cm³/mol. The van der Waals surface area contributed by atoms with Gasteiger partial charge in [0.1, 0.15) is 22.3 Å². The number of aliphatic hydroxyl groups is 1. The number of thiazole rings is 1. The highest BCUT2D eigenvalue weighted by atomic mass is 32.2. The molecule has 0 atom stereocenters. The van der Waals surface area contributed by atoms with Crippen LogP contribution in [0.15, 0.2) is 47.4 Å². The molecule has 0 radical (unpaired) electrons. The molecule has 32 heavy (non-hydrogen) atoms. The van der Waals surface area contributed by atoms with Crippen molar-refractivity contribution in [2.24, 2.45) is 0 Å². The second-order valence-corrected chi connectivity index (χ2v) is 9.40. The van der Waals surface area contributed by atoms with Gasteiger partial charge in [0.25, 0.3) is 0 Å². The molecule has 8 nitrogen and oxygen atoms in total. The van der Waals surface area contributed by atoms with Crippen molar-refractivity contribution < 1.29 is 27.1 Å². The van der Waals surface area contributed by atoms with Crippen molar-refractivity contribution in [2.75, 3.05) is 24.2 Å². The average Bonchev–Trinajstić information content (AvgIpc) is 3.11. The number of ketones is 1. The maximum absolute atomic E-state index is 13.9. The summed E-state index contributed by atoms with van der Waals surface area (Å²) >= 11 is 0.819. The topological polar surface area (TPSA) is 134 Å². The number of nitrogens with two attached hydrogens (primary N) is 1. The number of carbonyl (C=O) groups excluding carboxylic acids is 1. The van der Waals surface area contributed by atoms with Crippen LogP contribution in [0, 0.1) is 11.6 Å². The van der Waals surface area contributed by atoms with Crippen molar-refractivity contribution >= 4 is 43.8 Å². The minimum absolute atomic E-state index is 0.00803. The van der Waals surface area contributed by atoms with Crippen LogP contribution in [0.1, 0.15) is 28.1 Å². The third-order valence-electron chi connectivity index (χ3n) is 4.34. The number of aromatic nitrogens is 1. The van der Waals surface area contributed by atoms with E-state index in [1.165, 1.54) is 24.3 Å². The minimum Gasteiger partial charge on any atom is -0.396 e. The van der Waals surface area contributed by atoms with Crippen LogP contribution in [-0.2, 0) is 10.0 Å². The summed E-state index contributed by atoms with van der Waals surface area (Å²) in [5, 5.41) is 11.8. The molecule has 2 aromatic carbocycles. The van der Waals surface area contributed by atoms with Gasteiger partial charge in [-0.1, -0.05) is 17.4 Å². The molecule has 12 heteroatoms. The van der Waals surface area contributed by atoms with E-state index >= 15 is 0 Å². The standard InChI is InChI=1S/C20H20F2N4O4S2/c21-14-4-3-5-15(22)16(14)17(28)18-19(23)26-20(31-18)25-12-6-8-13(9-7-12)32(29,30)24-10-1-2-11-27/h3-9,24,27H,1-2,10-11,23H2,(H,25,26). The zero-order valence-electron chi connectivity index (χ0n) is 16.6. The first-order valence-electron chi connectivity index (χ1n) is 9.45. The third kappa shape index (κ3) is 5.46. The molecular formula is C20H20F2N4O4S2. The molecule has 3 rings (SSSR count). The molecule has 0 saturated carbocycles. The van der Waals surface area contributed by atoms with E-state index in [1.54, 1.807) is 0 Å². The van der Waals surface area contributed by atoms with Crippen LogP contribution in [-0.4, -0.2) is 37.4 Å². The summed E-state index contributed by atoms with van der Waals surface area (Å²) in [5.74, 6) is -3.10. The molecule has 0 bridgehead atoms. The van der Waals surface area contributed by atoms with Crippen molar-refractivity contribution in [3.05, 3.63) is 64.5 Å². The van der Waals surface area contributed by atoms with Gasteiger partial charge in [0, 0.05) is 18.8 Å². The summed E-state index contributed by atoms with van der Waals surface area (Å²) in [4.78, 5) is 16.5. The van der Waals surface area contributed by atoms with Gasteiger partial charge in [-0.2, -0.15) is 0 Å². The fraction of sp³-hybridized carbons (Fsp3) is 0.200. The Bertz CT molecular complexity index is 1190. The number of hydrogen-bond donors (Lipinski definition) is 4. The molecular weight excluding hydrogens is 462 g/mol. The van der Waals surface area contributed by atoms with E-state index < -0.39 is 33.0 Å². The Balaban J connectivity index is 1.73. The van der Waals surface area contributed by atoms with E-state index in [9.17, 15) is 22.0 Å². The summed E-state index contributed by atoms with van der Waals surface area (Å²) < 4.78 is 54.8. The van der Waals surface area contributed by atoms with Gasteiger partial charge < -0.3 is 16.2 Å². The first kappa shape index (κ1) is 23.7. The van der Waals surface area contributed by atoms with E-state index in [0.717, 1.165) is 29.5 Å². The van der Waals surface area contributed by atoms with Gasteiger partial charge in [-0.05, 0) is 49.2 Å². The number of rotatable bonds is 10. The van der Waals surface area contributed by atoms with E-state index in [2.05, 4.69) is 15.0 Å². The lowest BCUT2D eigenvalue weighted by Gasteiger charge is -2.08. The van der Waals surface area contributed by atoms with E-state index in [1.807, 2.05) is 0 Å². The number of unbranched alkanes of at least 4 members (excludes halogenated alkanes) is 1. The Morgan fingerprint density at radius 1 is 1.09 bits per heavy atom. The summed E-state index contributed by atoms with van der Waals surface area (Å²) in [6.45, 7) is 0.201. The Kier molecular flexibility index (Phi) is 7.51. The van der Waals surface area contributed by atoms with Gasteiger partial charge >= 0.3 is 0 Å². The highest BCUT2D eigenvalue weighted by Crippen LogP contribution is 2.31. The lowest BCUT2D eigenvalue weighted by Crippen LogP contribution is -2.24. The lowest BCUT2D eigenvalue weighted by atomic mass is 10.1. The number of nitrogens with one attached hydrogen (secondary N) is 2. The third-order valence-corrected chi connectivity index (χ3v) is 6.80. The van der Waals surface area contributed by atoms with E-state index in [4.69, 9.17) is 10.8 Å². The van der Waals surface area contributed by atoms with Crippen LogP contribution in [0.3, 0.4) is 0 Å². The highest BCUT2D eigenvalue weighted by molar-refractivity contribution is 7.89. The van der Waals surface area contributed by atoms with Crippen molar-refractivity contribution in [1.29, 1.82) is 0 Å². The molecule has 1 aromatic heterocycles. The Morgan fingerprint density at radius 2 is 1.75 bits per heavy atom. The molecule has 0 spiro atoms. The fourth-order valence-electron chi connectivity index (χ4n) is 2.74. The highest BCUT2D eigenvalue weighted by Gasteiger charge is 2.24. The number of aliphatic hydroxyl groups excluding tert-OH is 1. The monoisotopic (exact) mass is 482 g/mol. The number of nitrogen functional groups attached to an aromatic ring is 1. The Hall–Kier alpha value is -2.93. The van der Waals surface area contributed by atoms with Crippen molar-refractivity contribution in [3.8, 4) is 0 Å². The molecule has 0 aliphatic carbocycles. The molecule has 1 heterocycles. The first-order valence-corrected chi connectivity index (χ1v) is 11.8. The Labute approximate surface area is 187 Å². The summed E-state index contributed by atoms with van der Waals surface area (Å²) in [6.07, 6.45) is 1.01. The van der Waals surface area contributed by atoms with Crippen LogP contribution in [0.25, 0.3) is 0 Å². The van der Waals surface area contributed by atoms with Gasteiger partial charge in [-0.25, -0.2) is 26.9 Å². The fourth-order valence-corrected chi connectivity index (χ4v) is 4.67. The summed E-state index contributed by atoms with van der Waals surface area (Å²) in [6, 6.07) is 8.87. The molecule has 170 valence electrons. The quantitative estimate of drug-likeness (QED) is 0.258. The second kappa shape index (κ2) is 10.1. The van der Waals surface area contributed by atoms with Crippen LogP contribution >= 0.6 is 11.3 Å². The molecule has 0 saturated heterocycles. The zero-order valence-corrected chi connectivity index (χ0v) is 18.3.